The molecule has 0 bridgehead atoms. The second kappa shape index (κ2) is 12.5. The van der Waals surface area contributed by atoms with Crippen LogP contribution in [0.4, 0.5) is 0 Å². The molecule has 24 heavy (non-hydrogen) atoms. The van der Waals surface area contributed by atoms with E-state index < -0.39 is 42.0 Å². The summed E-state index contributed by atoms with van der Waals surface area (Å²) in [6.07, 6.45) is 11.3. The number of carbonyl (C=O) groups is 3. The number of carboxylic acid groups (broad SMARTS) is 3. The Morgan fingerprint density at radius 1 is 0.875 bits per heavy atom. The van der Waals surface area contributed by atoms with Crippen molar-refractivity contribution in [2.75, 3.05) is 26.2 Å². The maximum Gasteiger partial charge on any atom is 0.359 e. The highest BCUT2D eigenvalue weighted by atomic mass is 16.4. The van der Waals surface area contributed by atoms with Crippen LogP contribution in [-0.4, -0.2) is 58.8 Å². The number of quaternary nitrogens is 1. The third-order valence-electron chi connectivity index (χ3n) is 3.79. The van der Waals surface area contributed by atoms with Gasteiger partial charge in [-0.2, -0.15) is 0 Å². The average molecular weight is 343 g/mol. The van der Waals surface area contributed by atoms with E-state index in [4.69, 9.17) is 10.2 Å². The number of aliphatic carboxylic acids is 3. The van der Waals surface area contributed by atoms with E-state index in [0.29, 0.717) is 0 Å². The van der Waals surface area contributed by atoms with Crippen LogP contribution in [0.2, 0.25) is 0 Å². The highest BCUT2D eigenvalue weighted by molar-refractivity contribution is 5.72. The van der Waals surface area contributed by atoms with Crippen LogP contribution >= 0.6 is 0 Å². The van der Waals surface area contributed by atoms with Gasteiger partial charge in [0, 0.05) is 0 Å². The zero-order valence-corrected chi connectivity index (χ0v) is 14.4. The summed E-state index contributed by atoms with van der Waals surface area (Å²) in [5.41, 5.74) is 0. The number of hydrogen-bond donors (Lipinski definition) is 2. The number of unbranched alkanes of at least 4 members (excludes halogenated alkanes) is 6. The van der Waals surface area contributed by atoms with E-state index in [1.54, 1.807) is 6.08 Å². The number of nitrogens with zero attached hydrogens (tertiary/aromatic N) is 1. The molecule has 0 aliphatic rings. The van der Waals surface area contributed by atoms with Crippen LogP contribution in [-0.2, 0) is 14.4 Å². The third kappa shape index (κ3) is 11.6. The van der Waals surface area contributed by atoms with Crippen molar-refractivity contribution in [1.29, 1.82) is 0 Å². The highest BCUT2D eigenvalue weighted by Gasteiger charge is 2.32. The summed E-state index contributed by atoms with van der Waals surface area (Å²) in [7, 11) is 0. The summed E-state index contributed by atoms with van der Waals surface area (Å²) < 4.78 is -0.583. The summed E-state index contributed by atoms with van der Waals surface area (Å²) in [6, 6.07) is 0. The number of carbonyl (C=O) groups excluding carboxylic acids is 1. The largest absolute Gasteiger partial charge is 0.544 e. The van der Waals surface area contributed by atoms with Gasteiger partial charge in [-0.1, -0.05) is 45.1 Å². The summed E-state index contributed by atoms with van der Waals surface area (Å²) in [4.78, 5) is 32.9. The molecule has 2 N–H and O–H groups in total. The number of allylic oxidation sites excluding steroid dienone is 1. The Hall–Kier alpha value is -1.89. The first kappa shape index (κ1) is 22.1. The van der Waals surface area contributed by atoms with Crippen LogP contribution in [0.15, 0.2) is 12.2 Å². The van der Waals surface area contributed by atoms with E-state index >= 15 is 0 Å². The molecule has 0 aliphatic carbocycles. The van der Waals surface area contributed by atoms with Crippen molar-refractivity contribution in [2.45, 2.75) is 51.9 Å². The van der Waals surface area contributed by atoms with E-state index in [0.717, 1.165) is 19.3 Å². The molecule has 0 atom stereocenters. The molecule has 0 radical (unpaired) electrons. The summed E-state index contributed by atoms with van der Waals surface area (Å²) in [5.74, 6) is -3.93. The first-order valence-corrected chi connectivity index (χ1v) is 8.45. The Morgan fingerprint density at radius 2 is 1.42 bits per heavy atom. The molecule has 0 unspecified atom stereocenters. The topological polar surface area (TPSA) is 115 Å². The molecule has 0 aliphatic heterocycles. The number of rotatable bonds is 15. The highest BCUT2D eigenvalue weighted by Crippen LogP contribution is 2.10. The van der Waals surface area contributed by atoms with E-state index in [1.807, 2.05) is 6.08 Å². The van der Waals surface area contributed by atoms with Crippen LogP contribution in [0.1, 0.15) is 51.9 Å². The lowest BCUT2D eigenvalue weighted by Gasteiger charge is -2.35. The molecule has 0 fully saturated rings. The van der Waals surface area contributed by atoms with Gasteiger partial charge in [0.15, 0.2) is 13.1 Å². The van der Waals surface area contributed by atoms with E-state index in [-0.39, 0.29) is 6.54 Å². The van der Waals surface area contributed by atoms with Gasteiger partial charge in [-0.25, -0.2) is 9.59 Å². The Bertz CT molecular complexity index is 392. The van der Waals surface area contributed by atoms with Crippen molar-refractivity contribution in [1.82, 2.24) is 0 Å². The Kier molecular flexibility index (Phi) is 11.5. The maximum absolute atomic E-state index is 11.0. The molecule has 138 valence electrons. The van der Waals surface area contributed by atoms with Crippen molar-refractivity contribution in [2.24, 2.45) is 0 Å². The third-order valence-corrected chi connectivity index (χ3v) is 3.79. The Morgan fingerprint density at radius 3 is 1.92 bits per heavy atom. The van der Waals surface area contributed by atoms with Crippen molar-refractivity contribution in [3.05, 3.63) is 12.2 Å². The molecule has 7 heteroatoms. The van der Waals surface area contributed by atoms with Gasteiger partial charge in [-0.15, -0.1) is 0 Å². The zero-order chi connectivity index (χ0) is 18.4. The minimum absolute atomic E-state index is 0.0441. The molecular formula is C17H29NO6. The summed E-state index contributed by atoms with van der Waals surface area (Å²) >= 11 is 0. The minimum Gasteiger partial charge on any atom is -0.544 e. The Balaban J connectivity index is 4.51. The maximum atomic E-state index is 11.0. The lowest BCUT2D eigenvalue weighted by atomic mass is 10.1. The second-order valence-corrected chi connectivity index (χ2v) is 6.19. The first-order valence-electron chi connectivity index (χ1n) is 8.45. The standard InChI is InChI=1S/C17H29NO6/c1-2-3-4-5-6-7-8-9-10-11-18(12-15(19)20,13-16(21)22)14-17(23)24/h9-10H,2-8,11-14H2,1H3,(H2-,19,20,21,22,23,24)/b10-9+. The van der Waals surface area contributed by atoms with Crippen LogP contribution < -0.4 is 5.11 Å². The monoisotopic (exact) mass is 343 g/mol. The first-order chi connectivity index (χ1) is 11.3. The molecule has 0 aromatic heterocycles. The summed E-state index contributed by atoms with van der Waals surface area (Å²) in [6.45, 7) is 0.430. The van der Waals surface area contributed by atoms with E-state index in [1.165, 1.54) is 25.7 Å². The number of hydrogen-bond acceptors (Lipinski definition) is 4. The van der Waals surface area contributed by atoms with Crippen molar-refractivity contribution < 1.29 is 34.2 Å². The van der Waals surface area contributed by atoms with Gasteiger partial charge >= 0.3 is 11.9 Å². The molecule has 0 heterocycles. The normalized spacial score (nSPS) is 11.7. The zero-order valence-electron chi connectivity index (χ0n) is 14.4. The van der Waals surface area contributed by atoms with Gasteiger partial charge in [0.1, 0.15) is 6.54 Å². The fourth-order valence-corrected chi connectivity index (χ4v) is 2.67. The molecule has 0 saturated heterocycles. The molecule has 0 aromatic carbocycles. The fourth-order valence-electron chi connectivity index (χ4n) is 2.67. The molecule has 0 aromatic rings. The van der Waals surface area contributed by atoms with Gasteiger partial charge in [0.05, 0.1) is 12.5 Å². The smallest absolute Gasteiger partial charge is 0.359 e. The van der Waals surface area contributed by atoms with Crippen molar-refractivity contribution in [3.8, 4) is 0 Å². The molecular weight excluding hydrogens is 314 g/mol. The minimum atomic E-state index is -1.46. The number of carboxylic acids is 3. The molecule has 0 rings (SSSR count). The molecule has 0 amide bonds. The van der Waals surface area contributed by atoms with Crippen LogP contribution in [0, 0.1) is 0 Å². The van der Waals surface area contributed by atoms with Gasteiger partial charge < -0.3 is 20.1 Å². The van der Waals surface area contributed by atoms with Crippen LogP contribution in [0.5, 0.6) is 0 Å². The average Bonchev–Trinajstić information content (AvgIpc) is 2.43. The van der Waals surface area contributed by atoms with Crippen LogP contribution in [0.25, 0.3) is 0 Å². The van der Waals surface area contributed by atoms with E-state index in [9.17, 15) is 19.5 Å². The van der Waals surface area contributed by atoms with Gasteiger partial charge in [0.25, 0.3) is 0 Å². The predicted octanol–water partition coefficient (Wildman–Crippen LogP) is 1.03. The molecule has 7 nitrogen and oxygen atoms in total. The van der Waals surface area contributed by atoms with Gasteiger partial charge in [-0.3, -0.25) is 4.48 Å². The van der Waals surface area contributed by atoms with Gasteiger partial charge in [0.2, 0.25) is 0 Å². The fraction of sp³-hybridized carbons (Fsp3) is 0.706. The summed E-state index contributed by atoms with van der Waals surface area (Å²) in [5, 5.41) is 28.8. The predicted molar refractivity (Wildman–Crippen MR) is 87.1 cm³/mol. The quantitative estimate of drug-likeness (QED) is 0.261. The van der Waals surface area contributed by atoms with Crippen LogP contribution in [0.3, 0.4) is 0 Å². The Labute approximate surface area is 143 Å². The van der Waals surface area contributed by atoms with Gasteiger partial charge in [-0.05, 0) is 18.9 Å². The SMILES string of the molecule is CCCCCCCC/C=C/C[N+](CC(=O)[O-])(CC(=O)O)CC(=O)O. The molecule has 0 spiro atoms. The lowest BCUT2D eigenvalue weighted by molar-refractivity contribution is -0.903. The van der Waals surface area contributed by atoms with E-state index in [2.05, 4.69) is 6.92 Å². The molecule has 0 saturated carbocycles. The lowest BCUT2D eigenvalue weighted by Crippen LogP contribution is -2.58. The second-order valence-electron chi connectivity index (χ2n) is 6.19. The van der Waals surface area contributed by atoms with Crippen molar-refractivity contribution >= 4 is 17.9 Å². The van der Waals surface area contributed by atoms with Crippen molar-refractivity contribution in [3.63, 3.8) is 0 Å².